The molecule has 0 aromatic heterocycles. The first-order valence-corrected chi connectivity index (χ1v) is 13.7. The number of amides is 1. The predicted molar refractivity (Wildman–Crippen MR) is 151 cm³/mol. The van der Waals surface area contributed by atoms with Crippen molar-refractivity contribution in [3.05, 3.63) is 101 Å². The highest BCUT2D eigenvalue weighted by Crippen LogP contribution is 2.56. The van der Waals surface area contributed by atoms with Gasteiger partial charge in [0.05, 0.1) is 11.7 Å². The van der Waals surface area contributed by atoms with Crippen LogP contribution >= 0.6 is 0 Å². The van der Waals surface area contributed by atoms with Crippen molar-refractivity contribution >= 4 is 12.2 Å². The van der Waals surface area contributed by atoms with E-state index >= 15 is 0 Å². The summed E-state index contributed by atoms with van der Waals surface area (Å²) in [6.07, 6.45) is 7.22. The summed E-state index contributed by atoms with van der Waals surface area (Å²) in [6.45, 7) is 1.35. The summed E-state index contributed by atoms with van der Waals surface area (Å²) in [5, 5.41) is 25.1. The monoisotopic (exact) mass is 522 g/mol. The zero-order valence-corrected chi connectivity index (χ0v) is 22.1. The van der Waals surface area contributed by atoms with E-state index in [1.54, 1.807) is 18.2 Å². The molecule has 1 heterocycles. The third-order valence-electron chi connectivity index (χ3n) is 9.11. The molecule has 1 amide bonds. The molecule has 3 aromatic carbocycles. The van der Waals surface area contributed by atoms with Gasteiger partial charge in [0, 0.05) is 35.0 Å². The largest absolute Gasteiger partial charge is 0.507 e. The third-order valence-corrected chi connectivity index (χ3v) is 9.11. The van der Waals surface area contributed by atoms with Crippen molar-refractivity contribution in [2.24, 2.45) is 5.92 Å². The Balaban J connectivity index is 1.16. The minimum atomic E-state index is -0.546. The van der Waals surface area contributed by atoms with Crippen molar-refractivity contribution in [1.82, 2.24) is 10.2 Å². The summed E-state index contributed by atoms with van der Waals surface area (Å²) in [5.41, 5.74) is 5.76. The Morgan fingerprint density at radius 3 is 2.49 bits per heavy atom. The molecule has 0 radical (unpaired) electrons. The highest BCUT2D eigenvalue weighted by molar-refractivity contribution is 5.97. The molecule has 3 aromatic rings. The van der Waals surface area contributed by atoms with Crippen molar-refractivity contribution in [3.8, 4) is 16.9 Å². The second-order valence-corrected chi connectivity index (χ2v) is 11.3. The molecular weight excluding hydrogens is 488 g/mol. The number of carbonyl (C=O) groups excluding carboxylic acids is 2. The third kappa shape index (κ3) is 4.48. The number of nitrogens with zero attached hydrogens (tertiary/aromatic N) is 1. The Morgan fingerprint density at radius 1 is 1.05 bits per heavy atom. The number of likely N-dealkylation sites (N-methyl/N-ethyl adjacent to an activating group) is 1. The minimum absolute atomic E-state index is 0.0745. The number of aliphatic hydroxyl groups excluding tert-OH is 1. The number of nitrogens with one attached hydrogen (secondary N) is 1. The van der Waals surface area contributed by atoms with Gasteiger partial charge >= 0.3 is 0 Å². The van der Waals surface area contributed by atoms with Gasteiger partial charge in [-0.05, 0) is 67.6 Å². The molecule has 1 aliphatic heterocycles. The number of aliphatic hydroxyl groups is 1. The average Bonchev–Trinajstić information content (AvgIpc) is 2.95. The van der Waals surface area contributed by atoms with Crippen LogP contribution in [0.4, 0.5) is 0 Å². The molecule has 3 N–H and O–H groups in total. The van der Waals surface area contributed by atoms with Gasteiger partial charge in [0.1, 0.15) is 12.0 Å². The van der Waals surface area contributed by atoms with Gasteiger partial charge in [0.15, 0.2) is 0 Å². The first-order chi connectivity index (χ1) is 18.9. The van der Waals surface area contributed by atoms with Crippen LogP contribution in [0.15, 0.2) is 72.8 Å². The number of likely N-dealkylation sites (tertiary alicyclic amines) is 1. The van der Waals surface area contributed by atoms with Gasteiger partial charge in [-0.15, -0.1) is 0 Å². The van der Waals surface area contributed by atoms with E-state index in [0.717, 1.165) is 53.5 Å². The summed E-state index contributed by atoms with van der Waals surface area (Å²) in [5.74, 6) is 0.00447. The van der Waals surface area contributed by atoms with E-state index in [1.165, 1.54) is 0 Å². The first kappa shape index (κ1) is 25.5. The summed E-state index contributed by atoms with van der Waals surface area (Å²) < 4.78 is 0. The summed E-state index contributed by atoms with van der Waals surface area (Å²) in [6, 6.07) is 19.7. The van der Waals surface area contributed by atoms with Crippen molar-refractivity contribution in [1.29, 1.82) is 0 Å². The number of fused-ring (bicyclic) bond motifs is 1. The van der Waals surface area contributed by atoms with Crippen LogP contribution in [0.3, 0.4) is 0 Å². The lowest BCUT2D eigenvalue weighted by Crippen LogP contribution is -2.60. The van der Waals surface area contributed by atoms with Crippen LogP contribution in [0.5, 0.6) is 5.75 Å². The van der Waals surface area contributed by atoms with E-state index in [9.17, 15) is 19.8 Å². The maximum atomic E-state index is 13.2. The van der Waals surface area contributed by atoms with Crippen LogP contribution in [0, 0.1) is 5.92 Å². The van der Waals surface area contributed by atoms with E-state index in [1.807, 2.05) is 48.5 Å². The predicted octanol–water partition coefficient (Wildman–Crippen LogP) is 4.28. The zero-order valence-electron chi connectivity index (χ0n) is 22.1. The Morgan fingerprint density at radius 2 is 1.77 bits per heavy atom. The lowest BCUT2D eigenvalue weighted by Gasteiger charge is -2.57. The smallest absolute Gasteiger partial charge is 0.255 e. The van der Waals surface area contributed by atoms with Crippen molar-refractivity contribution in [2.45, 2.75) is 43.2 Å². The van der Waals surface area contributed by atoms with Gasteiger partial charge < -0.3 is 20.4 Å². The number of phenols is 1. The van der Waals surface area contributed by atoms with E-state index in [0.29, 0.717) is 36.6 Å². The quantitative estimate of drug-likeness (QED) is 0.332. The molecule has 39 heavy (non-hydrogen) atoms. The number of benzene rings is 3. The standard InChI is InChI=1S/C33H34N2O4/c1-35-17-15-33-19-26(37)11-13-28(33)29(35)18-25-10-12-27(31(38)30(25)33)32(39)34-16-14-21-2-6-23(7-3-21)24-8-4-22(20-36)5-9-24/h2-13,20,26,28-29,37-38H,14-19H2,1H3,(H,34,39)/t26-,28-,29?,33-/m0/s1. The number of aldehydes is 1. The van der Waals surface area contributed by atoms with Gasteiger partial charge in [-0.1, -0.05) is 66.7 Å². The highest BCUT2D eigenvalue weighted by Gasteiger charge is 2.54. The molecule has 3 aliphatic rings. The molecule has 2 bridgehead atoms. The van der Waals surface area contributed by atoms with Crippen LogP contribution in [0.2, 0.25) is 0 Å². The second-order valence-electron chi connectivity index (χ2n) is 11.3. The van der Waals surface area contributed by atoms with E-state index in [2.05, 4.69) is 23.3 Å². The van der Waals surface area contributed by atoms with Gasteiger partial charge in [0.25, 0.3) is 5.91 Å². The number of piperidine rings is 1. The Bertz CT molecular complexity index is 1430. The number of aromatic hydroxyl groups is 1. The molecule has 1 saturated heterocycles. The number of carbonyl (C=O) groups is 2. The highest BCUT2D eigenvalue weighted by atomic mass is 16.3. The van der Waals surface area contributed by atoms with Gasteiger partial charge in [-0.3, -0.25) is 9.59 Å². The maximum Gasteiger partial charge on any atom is 0.255 e. The lowest BCUT2D eigenvalue weighted by molar-refractivity contribution is 0.0195. The Kier molecular flexibility index (Phi) is 6.61. The van der Waals surface area contributed by atoms with Gasteiger partial charge in [-0.25, -0.2) is 0 Å². The molecule has 1 fully saturated rings. The normalized spacial score (nSPS) is 25.4. The molecule has 2 aliphatic carbocycles. The Hall–Kier alpha value is -3.74. The first-order valence-electron chi connectivity index (χ1n) is 13.7. The fourth-order valence-corrected chi connectivity index (χ4v) is 7.07. The van der Waals surface area contributed by atoms with E-state index in [4.69, 9.17) is 0 Å². The molecule has 6 nitrogen and oxygen atoms in total. The molecule has 6 heteroatoms. The van der Waals surface area contributed by atoms with Crippen LogP contribution in [-0.4, -0.2) is 59.6 Å². The summed E-state index contributed by atoms with van der Waals surface area (Å²) in [4.78, 5) is 26.5. The number of hydrogen-bond donors (Lipinski definition) is 3. The average molecular weight is 523 g/mol. The Labute approximate surface area is 229 Å². The maximum absolute atomic E-state index is 13.2. The van der Waals surface area contributed by atoms with Crippen LogP contribution in [0.25, 0.3) is 11.1 Å². The zero-order chi connectivity index (χ0) is 27.1. The molecule has 4 atom stereocenters. The van der Waals surface area contributed by atoms with Crippen molar-refractivity contribution < 1.29 is 19.8 Å². The van der Waals surface area contributed by atoms with E-state index < -0.39 is 6.10 Å². The lowest BCUT2D eigenvalue weighted by atomic mass is 9.53. The molecular formula is C33H34N2O4. The summed E-state index contributed by atoms with van der Waals surface area (Å²) in [7, 11) is 2.15. The molecule has 1 unspecified atom stereocenters. The van der Waals surface area contributed by atoms with Crippen LogP contribution in [-0.2, 0) is 18.3 Å². The molecule has 6 rings (SSSR count). The van der Waals surface area contributed by atoms with Crippen LogP contribution < -0.4 is 5.32 Å². The number of rotatable bonds is 6. The topological polar surface area (TPSA) is 89.9 Å². The van der Waals surface area contributed by atoms with Gasteiger partial charge in [-0.2, -0.15) is 0 Å². The molecule has 0 spiro atoms. The fourth-order valence-electron chi connectivity index (χ4n) is 7.07. The number of phenolic OH excluding ortho intramolecular Hbond substituents is 1. The fraction of sp³-hybridized carbons (Fsp3) is 0.333. The molecule has 200 valence electrons. The summed E-state index contributed by atoms with van der Waals surface area (Å²) >= 11 is 0. The van der Waals surface area contributed by atoms with Gasteiger partial charge in [0.2, 0.25) is 0 Å². The molecule has 0 saturated carbocycles. The second kappa shape index (κ2) is 10.1. The SMILES string of the molecule is CN1CC[C@]23C[C@@H](O)C=C[C@H]2C1Cc1ccc(C(=O)NCCc2ccc(-c4ccc(C=O)cc4)cc2)c(O)c13. The van der Waals surface area contributed by atoms with Crippen LogP contribution in [0.1, 0.15) is 50.2 Å². The van der Waals surface area contributed by atoms with Crippen molar-refractivity contribution in [3.63, 3.8) is 0 Å². The minimum Gasteiger partial charge on any atom is -0.507 e. The number of hydrogen-bond acceptors (Lipinski definition) is 5. The van der Waals surface area contributed by atoms with Crippen molar-refractivity contribution in [2.75, 3.05) is 20.1 Å². The van der Waals surface area contributed by atoms with E-state index in [-0.39, 0.29) is 23.0 Å².